The molecule has 1 aromatic rings. The Labute approximate surface area is 101 Å². The lowest BCUT2D eigenvalue weighted by atomic mass is 10.1. The van der Waals surface area contributed by atoms with Gasteiger partial charge in [0.25, 0.3) is 0 Å². The number of rotatable bonds is 5. The van der Waals surface area contributed by atoms with E-state index in [-0.39, 0.29) is 0 Å². The summed E-state index contributed by atoms with van der Waals surface area (Å²) in [4.78, 5) is 0. The van der Waals surface area contributed by atoms with Crippen molar-refractivity contribution in [3.05, 3.63) is 11.4 Å². The summed E-state index contributed by atoms with van der Waals surface area (Å²) in [6, 6.07) is 0. The molecule has 3 rings (SSSR count). The molecule has 0 amide bonds. The molecule has 5 nitrogen and oxygen atoms in total. The molecule has 1 saturated heterocycles. The fraction of sp³-hybridized carbons (Fsp3) is 0.833. The van der Waals surface area contributed by atoms with Gasteiger partial charge < -0.3 is 10.5 Å². The third-order valence-corrected chi connectivity index (χ3v) is 3.59. The number of hydrogen-bond acceptors (Lipinski definition) is 4. The minimum Gasteiger partial charge on any atom is -0.376 e. The van der Waals surface area contributed by atoms with E-state index in [4.69, 9.17) is 10.5 Å². The highest BCUT2D eigenvalue weighted by atomic mass is 16.5. The molecule has 2 heterocycles. The molecule has 0 bridgehead atoms. The van der Waals surface area contributed by atoms with Gasteiger partial charge in [-0.1, -0.05) is 5.21 Å². The predicted molar refractivity (Wildman–Crippen MR) is 63.7 cm³/mol. The van der Waals surface area contributed by atoms with E-state index in [1.165, 1.54) is 25.0 Å². The monoisotopic (exact) mass is 236 g/mol. The first-order valence-electron chi connectivity index (χ1n) is 6.62. The van der Waals surface area contributed by atoms with Crippen LogP contribution in [0.1, 0.15) is 43.0 Å². The Morgan fingerprint density at radius 3 is 2.88 bits per heavy atom. The molecule has 94 valence electrons. The highest BCUT2D eigenvalue weighted by Gasteiger charge is 2.32. The standard InChI is InChI=1S/C12H20N4O/c13-6-5-11-12(9-3-4-9)16(15-14-11)8-10-2-1-7-17-10/h9-10H,1-8,13H2. The van der Waals surface area contributed by atoms with Gasteiger partial charge in [-0.15, -0.1) is 5.10 Å². The van der Waals surface area contributed by atoms with Crippen LogP contribution >= 0.6 is 0 Å². The average Bonchev–Trinajstić information content (AvgIpc) is 2.88. The summed E-state index contributed by atoms with van der Waals surface area (Å²) in [5, 5.41) is 8.58. The lowest BCUT2D eigenvalue weighted by molar-refractivity contribution is 0.0927. The second kappa shape index (κ2) is 4.74. The first-order valence-corrected chi connectivity index (χ1v) is 6.62. The molecule has 1 aromatic heterocycles. The molecule has 1 aliphatic carbocycles. The summed E-state index contributed by atoms with van der Waals surface area (Å²) in [5.41, 5.74) is 8.05. The van der Waals surface area contributed by atoms with Gasteiger partial charge in [-0.2, -0.15) is 0 Å². The Bertz CT molecular complexity index is 380. The zero-order chi connectivity index (χ0) is 11.7. The van der Waals surface area contributed by atoms with Crippen LogP contribution in [0.15, 0.2) is 0 Å². The number of ether oxygens (including phenoxy) is 1. The van der Waals surface area contributed by atoms with Crippen LogP contribution in [0.2, 0.25) is 0 Å². The summed E-state index contributed by atoms with van der Waals surface area (Å²) >= 11 is 0. The van der Waals surface area contributed by atoms with Gasteiger partial charge in [-0.05, 0) is 32.2 Å². The summed E-state index contributed by atoms with van der Waals surface area (Å²) in [7, 11) is 0. The second-order valence-electron chi connectivity index (χ2n) is 5.05. The molecule has 2 fully saturated rings. The lowest BCUT2D eigenvalue weighted by Crippen LogP contribution is -2.18. The third-order valence-electron chi connectivity index (χ3n) is 3.59. The number of hydrogen-bond donors (Lipinski definition) is 1. The van der Waals surface area contributed by atoms with Crippen molar-refractivity contribution in [1.82, 2.24) is 15.0 Å². The van der Waals surface area contributed by atoms with Crippen molar-refractivity contribution in [2.24, 2.45) is 5.73 Å². The highest BCUT2D eigenvalue weighted by molar-refractivity contribution is 5.21. The minimum atomic E-state index is 0.333. The van der Waals surface area contributed by atoms with Crippen LogP contribution < -0.4 is 5.73 Å². The summed E-state index contributed by atoms with van der Waals surface area (Å²) in [5.74, 6) is 0.674. The molecule has 1 saturated carbocycles. The SMILES string of the molecule is NCCc1nnn(CC2CCCO2)c1C1CC1. The predicted octanol–water partition coefficient (Wildman–Crippen LogP) is 0.836. The van der Waals surface area contributed by atoms with Crippen LogP contribution in [0.25, 0.3) is 0 Å². The Morgan fingerprint density at radius 1 is 1.35 bits per heavy atom. The van der Waals surface area contributed by atoms with Gasteiger partial charge in [0.2, 0.25) is 0 Å². The fourth-order valence-corrected chi connectivity index (χ4v) is 2.59. The van der Waals surface area contributed by atoms with E-state index in [1.54, 1.807) is 0 Å². The molecule has 1 aliphatic heterocycles. The maximum absolute atomic E-state index is 5.67. The summed E-state index contributed by atoms with van der Waals surface area (Å²) in [6.07, 6.45) is 6.05. The van der Waals surface area contributed by atoms with Crippen LogP contribution in [0, 0.1) is 0 Å². The molecular weight excluding hydrogens is 216 g/mol. The van der Waals surface area contributed by atoms with E-state index >= 15 is 0 Å². The summed E-state index contributed by atoms with van der Waals surface area (Å²) < 4.78 is 7.74. The molecule has 0 aromatic carbocycles. The Balaban J connectivity index is 1.77. The molecule has 1 atom stereocenters. The van der Waals surface area contributed by atoms with E-state index in [9.17, 15) is 0 Å². The minimum absolute atomic E-state index is 0.333. The van der Waals surface area contributed by atoms with Gasteiger partial charge in [0.1, 0.15) is 0 Å². The van der Waals surface area contributed by atoms with Crippen molar-refractivity contribution in [2.75, 3.05) is 13.2 Å². The maximum Gasteiger partial charge on any atom is 0.0874 e. The number of nitrogens with two attached hydrogens (primary N) is 1. The second-order valence-corrected chi connectivity index (χ2v) is 5.05. The zero-order valence-electron chi connectivity index (χ0n) is 10.1. The van der Waals surface area contributed by atoms with Gasteiger partial charge in [0, 0.05) is 18.9 Å². The zero-order valence-corrected chi connectivity index (χ0v) is 10.1. The molecule has 2 N–H and O–H groups in total. The van der Waals surface area contributed by atoms with E-state index in [0.717, 1.165) is 31.7 Å². The van der Waals surface area contributed by atoms with E-state index in [0.29, 0.717) is 18.6 Å². The molecule has 5 heteroatoms. The van der Waals surface area contributed by atoms with Crippen molar-refractivity contribution < 1.29 is 4.74 Å². The van der Waals surface area contributed by atoms with E-state index in [2.05, 4.69) is 15.0 Å². The molecular formula is C12H20N4O. The Hall–Kier alpha value is -0.940. The van der Waals surface area contributed by atoms with Crippen molar-refractivity contribution in [1.29, 1.82) is 0 Å². The highest BCUT2D eigenvalue weighted by Crippen LogP contribution is 2.41. The fourth-order valence-electron chi connectivity index (χ4n) is 2.59. The maximum atomic E-state index is 5.67. The van der Waals surface area contributed by atoms with E-state index < -0.39 is 0 Å². The number of nitrogens with zero attached hydrogens (tertiary/aromatic N) is 3. The smallest absolute Gasteiger partial charge is 0.0874 e. The van der Waals surface area contributed by atoms with Crippen LogP contribution in [-0.4, -0.2) is 34.2 Å². The van der Waals surface area contributed by atoms with Gasteiger partial charge in [-0.3, -0.25) is 0 Å². The average molecular weight is 236 g/mol. The van der Waals surface area contributed by atoms with Gasteiger partial charge in [-0.25, -0.2) is 4.68 Å². The lowest BCUT2D eigenvalue weighted by Gasteiger charge is -2.11. The van der Waals surface area contributed by atoms with Crippen molar-refractivity contribution in [3.8, 4) is 0 Å². The first kappa shape index (κ1) is 11.2. The van der Waals surface area contributed by atoms with E-state index in [1.807, 2.05) is 0 Å². The van der Waals surface area contributed by atoms with Gasteiger partial charge in [0.15, 0.2) is 0 Å². The quantitative estimate of drug-likeness (QED) is 0.822. The third kappa shape index (κ3) is 2.35. The van der Waals surface area contributed by atoms with Crippen molar-refractivity contribution in [3.63, 3.8) is 0 Å². The van der Waals surface area contributed by atoms with Crippen LogP contribution in [0.4, 0.5) is 0 Å². The van der Waals surface area contributed by atoms with Crippen molar-refractivity contribution in [2.45, 2.75) is 50.7 Å². The summed E-state index contributed by atoms with van der Waals surface area (Å²) in [6.45, 7) is 2.41. The Morgan fingerprint density at radius 2 is 2.24 bits per heavy atom. The normalized spacial score (nSPS) is 24.4. The Kier molecular flexibility index (Phi) is 3.11. The van der Waals surface area contributed by atoms with Crippen LogP contribution in [0.5, 0.6) is 0 Å². The largest absolute Gasteiger partial charge is 0.376 e. The van der Waals surface area contributed by atoms with Gasteiger partial charge in [0.05, 0.1) is 24.0 Å². The molecule has 0 radical (unpaired) electrons. The first-order chi connectivity index (χ1) is 8.38. The molecule has 2 aliphatic rings. The number of aromatic nitrogens is 3. The van der Waals surface area contributed by atoms with Crippen LogP contribution in [0.3, 0.4) is 0 Å². The van der Waals surface area contributed by atoms with Crippen LogP contribution in [-0.2, 0) is 17.7 Å². The van der Waals surface area contributed by atoms with Gasteiger partial charge >= 0.3 is 0 Å². The molecule has 0 spiro atoms. The molecule has 17 heavy (non-hydrogen) atoms. The topological polar surface area (TPSA) is 66.0 Å². The van der Waals surface area contributed by atoms with Crippen molar-refractivity contribution >= 4 is 0 Å². The molecule has 1 unspecified atom stereocenters.